The van der Waals surface area contributed by atoms with Gasteiger partial charge in [-0.1, -0.05) is 68.5 Å². The monoisotopic (exact) mass is 537 g/mol. The number of carbonyl (C=O) groups excluding carboxylic acids is 3. The topological polar surface area (TPSA) is 81.2 Å². The molecule has 8 heteroatoms. The molecule has 4 aliphatic heterocycles. The van der Waals surface area contributed by atoms with E-state index >= 15 is 0 Å². The summed E-state index contributed by atoms with van der Waals surface area (Å²) in [6, 6.07) is 8.56. The van der Waals surface area contributed by atoms with Crippen LogP contribution in [0.5, 0.6) is 0 Å². The molecule has 1 aromatic rings. The molecule has 1 unspecified atom stereocenters. The van der Waals surface area contributed by atoms with E-state index in [0.29, 0.717) is 19.6 Å². The Morgan fingerprint density at radius 2 is 1.63 bits per heavy atom. The molecular formula is C30H39N3O4S. The molecule has 0 saturated carbocycles. The maximum atomic E-state index is 14.5. The summed E-state index contributed by atoms with van der Waals surface area (Å²) in [4.78, 5) is 48.4. The summed E-state index contributed by atoms with van der Waals surface area (Å²) in [7, 11) is 0. The van der Waals surface area contributed by atoms with E-state index in [2.05, 4.69) is 6.08 Å². The molecule has 5 rings (SSSR count). The number of likely N-dealkylation sites (tertiary alicyclic amines) is 1. The van der Waals surface area contributed by atoms with E-state index in [0.717, 1.165) is 5.56 Å². The molecule has 2 saturated heterocycles. The van der Waals surface area contributed by atoms with Crippen LogP contribution in [-0.2, 0) is 20.9 Å². The fraction of sp³-hybridized carbons (Fsp3) is 0.567. The summed E-state index contributed by atoms with van der Waals surface area (Å²) in [5.74, 6) is -1.73. The molecule has 0 aliphatic carbocycles. The summed E-state index contributed by atoms with van der Waals surface area (Å²) in [6.07, 6.45) is 8.17. The first-order valence-electron chi connectivity index (χ1n) is 13.7. The minimum absolute atomic E-state index is 0.0414. The zero-order valence-electron chi connectivity index (χ0n) is 22.9. The Labute approximate surface area is 229 Å². The van der Waals surface area contributed by atoms with E-state index in [4.69, 9.17) is 0 Å². The van der Waals surface area contributed by atoms with Crippen LogP contribution < -0.4 is 0 Å². The van der Waals surface area contributed by atoms with Crippen LogP contribution in [0.4, 0.5) is 0 Å². The number of amides is 3. The van der Waals surface area contributed by atoms with Crippen molar-refractivity contribution in [1.29, 1.82) is 0 Å². The molecule has 204 valence electrons. The van der Waals surface area contributed by atoms with Crippen LogP contribution in [0, 0.1) is 17.8 Å². The molecule has 3 amide bonds. The Hall–Kier alpha value is -2.58. The van der Waals surface area contributed by atoms with Crippen LogP contribution in [-0.4, -0.2) is 84.8 Å². The second kappa shape index (κ2) is 9.87. The van der Waals surface area contributed by atoms with Gasteiger partial charge in [0.1, 0.15) is 6.04 Å². The summed E-state index contributed by atoms with van der Waals surface area (Å²) in [6.45, 7) is 11.1. The largest absolute Gasteiger partial charge is 0.394 e. The van der Waals surface area contributed by atoms with Crippen LogP contribution >= 0.6 is 11.8 Å². The first kappa shape index (κ1) is 27.0. The Bertz CT molecular complexity index is 1170. The summed E-state index contributed by atoms with van der Waals surface area (Å²) >= 11 is 1.59. The van der Waals surface area contributed by atoms with Crippen molar-refractivity contribution >= 4 is 29.5 Å². The number of nitrogens with zero attached hydrogens (tertiary/aromatic N) is 3. The maximum Gasteiger partial charge on any atom is 0.247 e. The molecule has 1 aromatic carbocycles. The molecule has 1 N–H and O–H groups in total. The molecular weight excluding hydrogens is 498 g/mol. The van der Waals surface area contributed by atoms with E-state index < -0.39 is 33.4 Å². The highest BCUT2D eigenvalue weighted by Gasteiger charge is 2.74. The molecule has 6 atom stereocenters. The van der Waals surface area contributed by atoms with Crippen LogP contribution in [0.2, 0.25) is 0 Å². The van der Waals surface area contributed by atoms with Crippen molar-refractivity contribution in [3.8, 4) is 0 Å². The minimum atomic E-state index is -0.894. The highest BCUT2D eigenvalue weighted by atomic mass is 32.2. The lowest BCUT2D eigenvalue weighted by Crippen LogP contribution is -2.58. The van der Waals surface area contributed by atoms with E-state index in [9.17, 15) is 19.5 Å². The number of fused-ring (bicyclic) bond motifs is 2. The van der Waals surface area contributed by atoms with Gasteiger partial charge in [-0.25, -0.2) is 0 Å². The van der Waals surface area contributed by atoms with Gasteiger partial charge in [0.05, 0.1) is 29.2 Å². The van der Waals surface area contributed by atoms with Gasteiger partial charge in [0.15, 0.2) is 0 Å². The smallest absolute Gasteiger partial charge is 0.247 e. The van der Waals surface area contributed by atoms with Crippen molar-refractivity contribution in [3.63, 3.8) is 0 Å². The quantitative estimate of drug-likeness (QED) is 0.564. The van der Waals surface area contributed by atoms with Gasteiger partial charge in [-0.05, 0) is 32.3 Å². The Morgan fingerprint density at radius 3 is 2.26 bits per heavy atom. The van der Waals surface area contributed by atoms with Crippen LogP contribution in [0.25, 0.3) is 0 Å². The minimum Gasteiger partial charge on any atom is -0.394 e. The third kappa shape index (κ3) is 4.02. The summed E-state index contributed by atoms with van der Waals surface area (Å²) in [5.41, 5.74) is 1.03. The predicted molar refractivity (Wildman–Crippen MR) is 149 cm³/mol. The lowest BCUT2D eigenvalue weighted by molar-refractivity contribution is -0.148. The van der Waals surface area contributed by atoms with Crippen molar-refractivity contribution in [2.45, 2.75) is 68.8 Å². The van der Waals surface area contributed by atoms with E-state index in [1.807, 2.05) is 93.0 Å². The average Bonchev–Trinajstić information content (AvgIpc) is 3.13. The summed E-state index contributed by atoms with van der Waals surface area (Å²) in [5, 5.41) is 10.4. The molecule has 0 aromatic heterocycles. The Morgan fingerprint density at radius 1 is 0.947 bits per heavy atom. The van der Waals surface area contributed by atoms with Crippen LogP contribution in [0.3, 0.4) is 0 Å². The zero-order valence-corrected chi connectivity index (χ0v) is 23.7. The third-order valence-electron chi connectivity index (χ3n) is 8.76. The van der Waals surface area contributed by atoms with E-state index in [1.54, 1.807) is 16.7 Å². The van der Waals surface area contributed by atoms with Crippen molar-refractivity contribution in [1.82, 2.24) is 14.7 Å². The molecule has 4 aliphatic rings. The van der Waals surface area contributed by atoms with E-state index in [1.165, 1.54) is 0 Å². The van der Waals surface area contributed by atoms with E-state index in [-0.39, 0.29) is 36.3 Å². The van der Waals surface area contributed by atoms with Gasteiger partial charge >= 0.3 is 0 Å². The molecule has 2 fully saturated rings. The number of thioether (sulfide) groups is 1. The fourth-order valence-corrected chi connectivity index (χ4v) is 9.06. The normalized spacial score (nSPS) is 33.5. The van der Waals surface area contributed by atoms with Crippen molar-refractivity contribution in [3.05, 3.63) is 60.2 Å². The number of rotatable bonds is 6. The number of hydrogen-bond acceptors (Lipinski definition) is 5. The highest BCUT2D eigenvalue weighted by molar-refractivity contribution is 8.02. The molecule has 38 heavy (non-hydrogen) atoms. The van der Waals surface area contributed by atoms with Gasteiger partial charge in [-0.15, -0.1) is 11.8 Å². The molecule has 4 heterocycles. The van der Waals surface area contributed by atoms with Gasteiger partial charge in [0, 0.05) is 30.4 Å². The maximum absolute atomic E-state index is 14.5. The average molecular weight is 538 g/mol. The Kier molecular flexibility index (Phi) is 7.01. The van der Waals surface area contributed by atoms with Crippen molar-refractivity contribution in [2.75, 3.05) is 19.7 Å². The first-order chi connectivity index (χ1) is 18.1. The third-order valence-corrected chi connectivity index (χ3v) is 10.6. The number of carbonyl (C=O) groups is 3. The number of aliphatic hydroxyl groups is 1. The van der Waals surface area contributed by atoms with Gasteiger partial charge in [-0.2, -0.15) is 0 Å². The zero-order chi connectivity index (χ0) is 27.4. The SMILES string of the molecule is CC(C)[C@H](CO)N1C(=O)[C@@H]2[C@H]3C(=O)N(Cc4ccccc4)CC=C[C@@]3(C)S[C@@]23C=CCN(C(C)C)C(=O)C13. The molecule has 0 radical (unpaired) electrons. The van der Waals surface area contributed by atoms with Gasteiger partial charge in [0.25, 0.3) is 0 Å². The van der Waals surface area contributed by atoms with Crippen LogP contribution in [0.15, 0.2) is 54.6 Å². The van der Waals surface area contributed by atoms with Crippen molar-refractivity contribution < 1.29 is 19.5 Å². The predicted octanol–water partition coefficient (Wildman–Crippen LogP) is 3.10. The molecule has 7 nitrogen and oxygen atoms in total. The van der Waals surface area contributed by atoms with Gasteiger partial charge in [-0.3, -0.25) is 14.4 Å². The molecule has 1 spiro atoms. The number of aliphatic hydroxyl groups excluding tert-OH is 1. The standard InChI is InChI=1S/C30H39N3O4S/c1-19(2)22(18-34)33-25-28(37)32(20(3)4)16-10-14-30(25)24(27(33)36)23-26(35)31(15-9-13-29(23,5)38-30)17-21-11-7-6-8-12-21/h6-14,19-20,22-25,34H,15-18H2,1-5H3/t22-,23-,24-,25?,29+,30-/m0/s1. The lowest BCUT2D eigenvalue weighted by atomic mass is 9.74. The second-order valence-corrected chi connectivity index (χ2v) is 13.6. The first-order valence-corrected chi connectivity index (χ1v) is 14.5. The van der Waals surface area contributed by atoms with Crippen molar-refractivity contribution in [2.24, 2.45) is 17.8 Å². The highest BCUT2D eigenvalue weighted by Crippen LogP contribution is 2.66. The van der Waals surface area contributed by atoms with Gasteiger partial charge in [0.2, 0.25) is 17.7 Å². The van der Waals surface area contributed by atoms with Crippen LogP contribution in [0.1, 0.15) is 40.2 Å². The number of hydrogen-bond donors (Lipinski definition) is 1. The second-order valence-electron chi connectivity index (χ2n) is 11.8. The summed E-state index contributed by atoms with van der Waals surface area (Å²) < 4.78 is -1.54. The lowest BCUT2D eigenvalue weighted by Gasteiger charge is -2.41. The van der Waals surface area contributed by atoms with Gasteiger partial charge < -0.3 is 19.8 Å². The fourth-order valence-electron chi connectivity index (χ4n) is 6.92. The Balaban J connectivity index is 1.63. The number of benzene rings is 1. The molecule has 0 bridgehead atoms.